The van der Waals surface area contributed by atoms with E-state index in [1.54, 1.807) is 20.8 Å². The molecule has 0 spiro atoms. The Bertz CT molecular complexity index is 934. The number of hydrogen-bond donors (Lipinski definition) is 1. The largest absolute Gasteiger partial charge is 0.443 e. The van der Waals surface area contributed by atoms with Gasteiger partial charge in [0.25, 0.3) is 0 Å². The van der Waals surface area contributed by atoms with Gasteiger partial charge in [-0.3, -0.25) is 9.69 Å². The molecule has 1 aromatic carbocycles. The Balaban J connectivity index is 2.40. The topological polar surface area (TPSA) is 92.1 Å². The van der Waals surface area contributed by atoms with Gasteiger partial charge in [0, 0.05) is 23.9 Å². The highest BCUT2D eigenvalue weighted by Crippen LogP contribution is 2.20. The molecule has 0 fully saturated rings. The van der Waals surface area contributed by atoms with Gasteiger partial charge in [0.15, 0.2) is 5.71 Å². The van der Waals surface area contributed by atoms with Crippen LogP contribution in [0.2, 0.25) is 0 Å². The van der Waals surface area contributed by atoms with Crippen molar-refractivity contribution >= 4 is 23.4 Å². The molecule has 0 atom stereocenters. The van der Waals surface area contributed by atoms with E-state index in [4.69, 9.17) is 4.74 Å². The minimum absolute atomic E-state index is 0.120. The summed E-state index contributed by atoms with van der Waals surface area (Å²) in [5.74, 6) is -0.706. The number of carbonyl (C=O) groups is 2. The maximum Gasteiger partial charge on any atom is 0.416 e. The number of oxime groups is 1. The number of Topliss-reactive ketones (excluding diaryl/α,β-unsaturated/α-hetero) is 1. The SMILES string of the molecule is CC(C)CN(C(=O)OC(C)(C)C)c1cc(/C(=N/O)C(=O)c2ccc(F)cc2)ccn1. The molecule has 160 valence electrons. The standard InChI is InChI=1S/C22H26FN3O4/c1-14(2)13-26(21(28)30-22(3,4)5)18-12-16(10-11-24-18)19(25-29)20(27)15-6-8-17(23)9-7-15/h6-12,14,29H,13H2,1-5H3/b25-19-. The van der Waals surface area contributed by atoms with Crippen molar-refractivity contribution in [2.24, 2.45) is 11.1 Å². The summed E-state index contributed by atoms with van der Waals surface area (Å²) in [5, 5.41) is 12.6. The number of anilines is 1. The minimum Gasteiger partial charge on any atom is -0.443 e. The average Bonchev–Trinajstić information content (AvgIpc) is 2.66. The van der Waals surface area contributed by atoms with E-state index in [0.29, 0.717) is 6.54 Å². The fourth-order valence-electron chi connectivity index (χ4n) is 2.63. The molecule has 30 heavy (non-hydrogen) atoms. The van der Waals surface area contributed by atoms with E-state index in [9.17, 15) is 19.2 Å². The first kappa shape index (κ1) is 23.0. The number of amides is 1. The zero-order chi connectivity index (χ0) is 22.5. The summed E-state index contributed by atoms with van der Waals surface area (Å²) in [6, 6.07) is 7.86. The number of ketones is 1. The van der Waals surface area contributed by atoms with Crippen LogP contribution in [0.25, 0.3) is 0 Å². The Labute approximate surface area is 175 Å². The fraction of sp³-hybridized carbons (Fsp3) is 0.364. The van der Waals surface area contributed by atoms with Gasteiger partial charge in [-0.1, -0.05) is 19.0 Å². The number of hydrogen-bond acceptors (Lipinski definition) is 6. The molecule has 0 unspecified atom stereocenters. The van der Waals surface area contributed by atoms with Crippen LogP contribution in [-0.4, -0.2) is 39.9 Å². The zero-order valence-corrected chi connectivity index (χ0v) is 17.7. The molecule has 7 nitrogen and oxygen atoms in total. The maximum absolute atomic E-state index is 13.1. The Morgan fingerprint density at radius 1 is 1.17 bits per heavy atom. The summed E-state index contributed by atoms with van der Waals surface area (Å²) in [6.45, 7) is 9.52. The van der Waals surface area contributed by atoms with Crippen LogP contribution in [0.3, 0.4) is 0 Å². The lowest BCUT2D eigenvalue weighted by molar-refractivity contribution is 0.0575. The summed E-state index contributed by atoms with van der Waals surface area (Å²) in [4.78, 5) is 31.0. The minimum atomic E-state index is -0.694. The molecule has 0 aliphatic heterocycles. The maximum atomic E-state index is 13.1. The lowest BCUT2D eigenvalue weighted by Gasteiger charge is -2.28. The van der Waals surface area contributed by atoms with Crippen molar-refractivity contribution in [3.63, 3.8) is 0 Å². The predicted molar refractivity (Wildman–Crippen MR) is 112 cm³/mol. The van der Waals surface area contributed by atoms with Crippen molar-refractivity contribution in [2.75, 3.05) is 11.4 Å². The van der Waals surface area contributed by atoms with Crippen molar-refractivity contribution < 1.29 is 23.9 Å². The van der Waals surface area contributed by atoms with Gasteiger partial charge < -0.3 is 9.94 Å². The Hall–Kier alpha value is -3.29. The lowest BCUT2D eigenvalue weighted by atomic mass is 10.0. The highest BCUT2D eigenvalue weighted by Gasteiger charge is 2.26. The normalized spacial score (nSPS) is 12.0. The quantitative estimate of drug-likeness (QED) is 0.320. The van der Waals surface area contributed by atoms with Crippen molar-refractivity contribution in [3.05, 3.63) is 59.5 Å². The third kappa shape index (κ3) is 6.10. The molecule has 1 heterocycles. The zero-order valence-electron chi connectivity index (χ0n) is 17.7. The first-order chi connectivity index (χ1) is 14.0. The third-order valence-electron chi connectivity index (χ3n) is 3.88. The van der Waals surface area contributed by atoms with Gasteiger partial charge in [-0.05, 0) is 63.1 Å². The van der Waals surface area contributed by atoms with Gasteiger partial charge >= 0.3 is 6.09 Å². The summed E-state index contributed by atoms with van der Waals surface area (Å²) >= 11 is 0. The van der Waals surface area contributed by atoms with Crippen LogP contribution in [0.15, 0.2) is 47.8 Å². The highest BCUT2D eigenvalue weighted by molar-refractivity contribution is 6.51. The summed E-state index contributed by atoms with van der Waals surface area (Å²) in [7, 11) is 0. The van der Waals surface area contributed by atoms with Gasteiger partial charge in [0.05, 0.1) is 0 Å². The molecular weight excluding hydrogens is 389 g/mol. The molecular formula is C22H26FN3O4. The molecule has 0 saturated carbocycles. The van der Waals surface area contributed by atoms with E-state index >= 15 is 0 Å². The summed E-state index contributed by atoms with van der Waals surface area (Å²) in [5.41, 5.74) is -0.526. The molecule has 0 saturated heterocycles. The smallest absolute Gasteiger partial charge is 0.416 e. The molecule has 1 aromatic heterocycles. The predicted octanol–water partition coefficient (Wildman–Crippen LogP) is 4.68. The van der Waals surface area contributed by atoms with Crippen LogP contribution < -0.4 is 4.90 Å². The Kier molecular flexibility index (Phi) is 7.26. The average molecular weight is 415 g/mol. The molecule has 0 aliphatic carbocycles. The summed E-state index contributed by atoms with van der Waals surface area (Å²) in [6.07, 6.45) is 0.832. The van der Waals surface area contributed by atoms with Crippen LogP contribution in [0.5, 0.6) is 0 Å². The number of nitrogens with zero attached hydrogens (tertiary/aromatic N) is 3. The summed E-state index contributed by atoms with van der Waals surface area (Å²) < 4.78 is 18.6. The molecule has 0 radical (unpaired) electrons. The van der Waals surface area contributed by atoms with Crippen LogP contribution >= 0.6 is 0 Å². The third-order valence-corrected chi connectivity index (χ3v) is 3.88. The number of benzene rings is 1. The van der Waals surface area contributed by atoms with Crippen molar-refractivity contribution in [1.29, 1.82) is 0 Å². The van der Waals surface area contributed by atoms with Crippen LogP contribution in [0.4, 0.5) is 15.0 Å². The lowest BCUT2D eigenvalue weighted by Crippen LogP contribution is -2.39. The van der Waals surface area contributed by atoms with E-state index in [-0.39, 0.29) is 28.6 Å². The van der Waals surface area contributed by atoms with Gasteiger partial charge in [-0.2, -0.15) is 0 Å². The van der Waals surface area contributed by atoms with E-state index in [1.165, 1.54) is 35.4 Å². The number of pyridine rings is 1. The van der Waals surface area contributed by atoms with Crippen molar-refractivity contribution in [2.45, 2.75) is 40.2 Å². The number of halogens is 1. The second-order valence-corrected chi connectivity index (χ2v) is 8.17. The van der Waals surface area contributed by atoms with E-state index < -0.39 is 23.3 Å². The highest BCUT2D eigenvalue weighted by atomic mass is 19.1. The monoisotopic (exact) mass is 415 g/mol. The van der Waals surface area contributed by atoms with Gasteiger partial charge in [-0.25, -0.2) is 14.2 Å². The molecule has 2 rings (SSSR count). The number of aromatic nitrogens is 1. The fourth-order valence-corrected chi connectivity index (χ4v) is 2.63. The van der Waals surface area contributed by atoms with E-state index in [0.717, 1.165) is 12.1 Å². The second kappa shape index (κ2) is 9.47. The number of carbonyl (C=O) groups excluding carboxylic acids is 2. The van der Waals surface area contributed by atoms with Crippen LogP contribution in [0, 0.1) is 11.7 Å². The molecule has 0 bridgehead atoms. The van der Waals surface area contributed by atoms with E-state index in [1.807, 2.05) is 13.8 Å². The molecule has 0 aliphatic rings. The van der Waals surface area contributed by atoms with Crippen molar-refractivity contribution in [3.8, 4) is 0 Å². The van der Waals surface area contributed by atoms with E-state index in [2.05, 4.69) is 10.1 Å². The van der Waals surface area contributed by atoms with Crippen LogP contribution in [0.1, 0.15) is 50.5 Å². The van der Waals surface area contributed by atoms with Gasteiger partial charge in [0.1, 0.15) is 17.2 Å². The molecule has 1 N–H and O–H groups in total. The number of ether oxygens (including phenoxy) is 1. The van der Waals surface area contributed by atoms with Crippen molar-refractivity contribution in [1.82, 2.24) is 4.98 Å². The Morgan fingerprint density at radius 2 is 1.80 bits per heavy atom. The first-order valence-corrected chi connectivity index (χ1v) is 9.51. The van der Waals surface area contributed by atoms with Crippen LogP contribution in [-0.2, 0) is 4.74 Å². The first-order valence-electron chi connectivity index (χ1n) is 9.51. The second-order valence-electron chi connectivity index (χ2n) is 8.17. The van der Waals surface area contributed by atoms with Gasteiger partial charge in [0.2, 0.25) is 5.78 Å². The Morgan fingerprint density at radius 3 is 2.33 bits per heavy atom. The number of rotatable bonds is 6. The van der Waals surface area contributed by atoms with Gasteiger partial charge in [-0.15, -0.1) is 0 Å². The molecule has 1 amide bonds. The molecule has 8 heteroatoms. The molecule has 2 aromatic rings.